The third-order valence-corrected chi connectivity index (χ3v) is 9.66. The first kappa shape index (κ1) is 23.1. The summed E-state index contributed by atoms with van der Waals surface area (Å²) in [5.41, 5.74) is 1.69. The van der Waals surface area contributed by atoms with Gasteiger partial charge in [-0.05, 0) is 68.9 Å². The number of para-hydroxylation sites is 2. The number of hydrogen-bond donors (Lipinski definition) is 1. The Labute approximate surface area is 217 Å². The topological polar surface area (TPSA) is 82.8 Å². The van der Waals surface area contributed by atoms with Crippen LogP contribution in [0.4, 0.5) is 10.6 Å². The second-order valence-electron chi connectivity index (χ2n) is 11.9. The quantitative estimate of drug-likeness (QED) is 0.646. The van der Waals surface area contributed by atoms with Crippen LogP contribution in [0.1, 0.15) is 76.7 Å². The van der Waals surface area contributed by atoms with E-state index in [0.29, 0.717) is 29.3 Å². The molecule has 194 valence electrons. The predicted octanol–water partition coefficient (Wildman–Crippen LogP) is 4.95. The van der Waals surface area contributed by atoms with Crippen LogP contribution in [0.2, 0.25) is 0 Å². The fourth-order valence-corrected chi connectivity index (χ4v) is 8.33. The van der Waals surface area contributed by atoms with Crippen molar-refractivity contribution in [3.63, 3.8) is 0 Å². The van der Waals surface area contributed by atoms with Gasteiger partial charge in [0.05, 0.1) is 22.9 Å². The number of rotatable bonds is 3. The van der Waals surface area contributed by atoms with E-state index in [9.17, 15) is 9.59 Å². The number of hydrogen-bond acceptors (Lipinski definition) is 5. The smallest absolute Gasteiger partial charge is 0.305 e. The third kappa shape index (κ3) is 4.00. The van der Waals surface area contributed by atoms with Crippen LogP contribution in [0, 0.1) is 11.8 Å². The number of amides is 2. The minimum absolute atomic E-state index is 0.0487. The van der Waals surface area contributed by atoms with Gasteiger partial charge < -0.3 is 9.88 Å². The molecule has 1 aromatic heterocycles. The average Bonchev–Trinajstić information content (AvgIpc) is 2.88. The van der Waals surface area contributed by atoms with E-state index >= 15 is 0 Å². The van der Waals surface area contributed by atoms with Crippen molar-refractivity contribution >= 4 is 29.1 Å². The Bertz CT molecular complexity index is 1310. The molecular weight excluding hydrogens is 464 g/mol. The van der Waals surface area contributed by atoms with Gasteiger partial charge in [0.15, 0.2) is 0 Å². The number of allylic oxidation sites excluding steroid dienone is 1. The molecule has 37 heavy (non-hydrogen) atoms. The number of urea groups is 1. The number of benzene rings is 1. The van der Waals surface area contributed by atoms with Crippen molar-refractivity contribution in [3.8, 4) is 0 Å². The standard InChI is InChI=1S/C29H36N6O2/c1-18-17-30-35(29(37)31-18)27-28(36)34(26-11-3-2-10-25(26)32-27)24-15-21-8-5-9-22(16-24)33(21)23-13-19-6-4-7-20(12-19)14-23/h2-3,10-11,17,19-24H,1,4-9,12-16H2,(H,31,37)/t19-,20+,21-,22+,23?,24?. The van der Waals surface area contributed by atoms with Gasteiger partial charge in [0.25, 0.3) is 5.56 Å². The summed E-state index contributed by atoms with van der Waals surface area (Å²) in [4.78, 5) is 34.2. The van der Waals surface area contributed by atoms with Crippen molar-refractivity contribution in [3.05, 3.63) is 46.9 Å². The largest absolute Gasteiger partial charge is 0.348 e. The first-order valence-corrected chi connectivity index (χ1v) is 14.2. The Hall–Kier alpha value is -3.00. The monoisotopic (exact) mass is 500 g/mol. The Morgan fingerprint density at radius 2 is 1.54 bits per heavy atom. The molecule has 8 heteroatoms. The van der Waals surface area contributed by atoms with Crippen molar-refractivity contribution in [1.82, 2.24) is 19.8 Å². The van der Waals surface area contributed by atoms with Gasteiger partial charge >= 0.3 is 6.03 Å². The van der Waals surface area contributed by atoms with Gasteiger partial charge in [0.2, 0.25) is 5.82 Å². The fraction of sp³-hybridized carbons (Fsp3) is 0.586. The molecule has 4 heterocycles. The zero-order valence-corrected chi connectivity index (χ0v) is 21.4. The molecule has 4 fully saturated rings. The highest BCUT2D eigenvalue weighted by Crippen LogP contribution is 2.47. The molecule has 5 aliphatic rings. The number of nitrogens with zero attached hydrogens (tertiary/aromatic N) is 5. The molecule has 2 unspecified atom stereocenters. The lowest BCUT2D eigenvalue weighted by Gasteiger charge is -2.55. The highest BCUT2D eigenvalue weighted by molar-refractivity contribution is 6.00. The van der Waals surface area contributed by atoms with Gasteiger partial charge in [0, 0.05) is 24.2 Å². The average molecular weight is 501 g/mol. The lowest BCUT2D eigenvalue weighted by molar-refractivity contribution is -0.0485. The minimum atomic E-state index is -0.506. The van der Waals surface area contributed by atoms with E-state index in [1.807, 2.05) is 28.8 Å². The van der Waals surface area contributed by atoms with Gasteiger partial charge in [-0.3, -0.25) is 9.69 Å². The summed E-state index contributed by atoms with van der Waals surface area (Å²) in [5, 5.41) is 7.91. The summed E-state index contributed by atoms with van der Waals surface area (Å²) in [6.45, 7) is 3.74. The van der Waals surface area contributed by atoms with Crippen LogP contribution in [0.3, 0.4) is 0 Å². The molecular formula is C29H36N6O2. The zero-order chi connectivity index (χ0) is 25.1. The molecule has 2 saturated heterocycles. The Kier molecular flexibility index (Phi) is 5.68. The zero-order valence-electron chi connectivity index (χ0n) is 21.4. The summed E-state index contributed by atoms with van der Waals surface area (Å²) >= 11 is 0. The molecule has 1 N–H and O–H groups in total. The highest BCUT2D eigenvalue weighted by Gasteiger charge is 2.45. The number of hydrazone groups is 1. The summed E-state index contributed by atoms with van der Waals surface area (Å²) in [6, 6.07) is 9.11. The molecule has 7 rings (SSSR count). The minimum Gasteiger partial charge on any atom is -0.305 e. The highest BCUT2D eigenvalue weighted by atomic mass is 16.2. The SMILES string of the molecule is C=C1C=NN(c2nc3ccccc3n(C3C[C@H]4CCC[C@@H](C3)N4C3C[C@H]4CCC[C@@H](C3)C4)c2=O)C(=O)N1. The van der Waals surface area contributed by atoms with Crippen LogP contribution >= 0.6 is 0 Å². The molecule has 0 radical (unpaired) electrons. The van der Waals surface area contributed by atoms with E-state index in [4.69, 9.17) is 0 Å². The van der Waals surface area contributed by atoms with Crippen LogP contribution in [-0.4, -0.2) is 44.8 Å². The van der Waals surface area contributed by atoms with Crippen LogP contribution in [-0.2, 0) is 0 Å². The van der Waals surface area contributed by atoms with Crippen molar-refractivity contribution in [1.29, 1.82) is 0 Å². The van der Waals surface area contributed by atoms with E-state index < -0.39 is 6.03 Å². The number of anilines is 1. The van der Waals surface area contributed by atoms with Gasteiger partial charge in [-0.25, -0.2) is 9.78 Å². The maximum absolute atomic E-state index is 14.0. The van der Waals surface area contributed by atoms with E-state index in [2.05, 4.69) is 26.9 Å². The molecule has 2 amide bonds. The van der Waals surface area contributed by atoms with E-state index in [0.717, 1.165) is 35.2 Å². The van der Waals surface area contributed by atoms with E-state index in [1.165, 1.54) is 64.0 Å². The molecule has 0 spiro atoms. The fourth-order valence-electron chi connectivity index (χ4n) is 8.33. The lowest BCUT2D eigenvalue weighted by atomic mass is 9.68. The van der Waals surface area contributed by atoms with Crippen LogP contribution in [0.15, 0.2) is 46.4 Å². The Morgan fingerprint density at radius 3 is 2.27 bits per heavy atom. The van der Waals surface area contributed by atoms with Crippen molar-refractivity contribution in [2.75, 3.05) is 5.01 Å². The second kappa shape index (κ2) is 9.08. The van der Waals surface area contributed by atoms with Crippen LogP contribution in [0.25, 0.3) is 11.0 Å². The predicted molar refractivity (Wildman–Crippen MR) is 145 cm³/mol. The van der Waals surface area contributed by atoms with Crippen LogP contribution < -0.4 is 15.9 Å². The summed E-state index contributed by atoms with van der Waals surface area (Å²) in [5.74, 6) is 1.88. The number of nitrogens with one attached hydrogen (secondary N) is 1. The van der Waals surface area contributed by atoms with Gasteiger partial charge in [-0.15, -0.1) is 0 Å². The summed E-state index contributed by atoms with van der Waals surface area (Å²) < 4.78 is 1.93. The van der Waals surface area contributed by atoms with E-state index in [1.54, 1.807) is 0 Å². The lowest BCUT2D eigenvalue weighted by Crippen LogP contribution is -2.58. The molecule has 1 aromatic carbocycles. The number of carbonyl (C=O) groups is 1. The van der Waals surface area contributed by atoms with Gasteiger partial charge in [-0.1, -0.05) is 44.4 Å². The number of carbonyl (C=O) groups excluding carboxylic acids is 1. The third-order valence-electron chi connectivity index (χ3n) is 9.66. The van der Waals surface area contributed by atoms with Crippen molar-refractivity contribution in [2.24, 2.45) is 16.9 Å². The van der Waals surface area contributed by atoms with Crippen molar-refractivity contribution in [2.45, 2.75) is 94.8 Å². The number of fused-ring (bicyclic) bond motifs is 5. The number of aromatic nitrogens is 2. The molecule has 8 nitrogen and oxygen atoms in total. The molecule has 2 aliphatic carbocycles. The summed E-state index contributed by atoms with van der Waals surface area (Å²) in [6.07, 6.45) is 15.5. The first-order valence-electron chi connectivity index (χ1n) is 14.2. The molecule has 6 atom stereocenters. The first-order chi connectivity index (χ1) is 18.0. The molecule has 4 bridgehead atoms. The maximum atomic E-state index is 14.0. The number of piperidine rings is 2. The maximum Gasteiger partial charge on any atom is 0.348 e. The summed E-state index contributed by atoms with van der Waals surface area (Å²) in [7, 11) is 0. The Balaban J connectivity index is 1.25. The van der Waals surface area contributed by atoms with Gasteiger partial charge in [0.1, 0.15) is 0 Å². The van der Waals surface area contributed by atoms with E-state index in [-0.39, 0.29) is 17.4 Å². The molecule has 2 aromatic rings. The van der Waals surface area contributed by atoms with Gasteiger partial charge in [-0.2, -0.15) is 10.1 Å². The van der Waals surface area contributed by atoms with Crippen LogP contribution in [0.5, 0.6) is 0 Å². The van der Waals surface area contributed by atoms with Crippen molar-refractivity contribution < 1.29 is 4.79 Å². The second-order valence-corrected chi connectivity index (χ2v) is 11.9. The Morgan fingerprint density at radius 1 is 0.838 bits per heavy atom. The normalized spacial score (nSPS) is 34.0. The molecule has 2 saturated carbocycles. The molecule has 3 aliphatic heterocycles.